The van der Waals surface area contributed by atoms with Crippen LogP contribution in [0.1, 0.15) is 26.3 Å². The molecule has 7 heteroatoms. The van der Waals surface area contributed by atoms with Gasteiger partial charge in [-0.2, -0.15) is 5.26 Å². The standard InChI is InChI=1S/C10H5ClN2O4/c11-3-9(15)7-2-1-6(4-12)10(13(16)17)8(7)5-14/h1-2,5H,3H2. The molecule has 0 saturated heterocycles. The molecular weight excluding hydrogens is 248 g/mol. The molecule has 1 rings (SSSR count). The van der Waals surface area contributed by atoms with Crippen LogP contribution in [-0.2, 0) is 0 Å². The van der Waals surface area contributed by atoms with E-state index in [9.17, 15) is 19.7 Å². The Bertz CT molecular complexity index is 548. The van der Waals surface area contributed by atoms with E-state index >= 15 is 0 Å². The third-order valence-electron chi connectivity index (χ3n) is 2.06. The number of carbonyl (C=O) groups excluding carboxylic acids is 2. The number of nitriles is 1. The normalized spacial score (nSPS) is 9.41. The number of carbonyl (C=O) groups is 2. The number of benzene rings is 1. The quantitative estimate of drug-likeness (QED) is 0.267. The molecule has 1 aromatic rings. The summed E-state index contributed by atoms with van der Waals surface area (Å²) in [6.45, 7) is 0. The van der Waals surface area contributed by atoms with Gasteiger partial charge in [0.2, 0.25) is 0 Å². The van der Waals surface area contributed by atoms with Gasteiger partial charge in [0.1, 0.15) is 17.2 Å². The Balaban J connectivity index is 3.65. The minimum Gasteiger partial charge on any atom is -0.298 e. The molecule has 0 atom stereocenters. The van der Waals surface area contributed by atoms with Gasteiger partial charge in [0, 0.05) is 5.56 Å². The van der Waals surface area contributed by atoms with E-state index in [2.05, 4.69) is 0 Å². The van der Waals surface area contributed by atoms with Crippen molar-refractivity contribution in [2.24, 2.45) is 0 Å². The van der Waals surface area contributed by atoms with Gasteiger partial charge in [0.25, 0.3) is 5.69 Å². The first-order valence-corrected chi connectivity index (χ1v) is 4.86. The van der Waals surface area contributed by atoms with Crippen molar-refractivity contribution in [1.29, 1.82) is 5.26 Å². The van der Waals surface area contributed by atoms with Crippen LogP contribution in [0, 0.1) is 21.4 Å². The molecule has 0 aliphatic rings. The Morgan fingerprint density at radius 3 is 2.65 bits per heavy atom. The Morgan fingerprint density at radius 2 is 2.24 bits per heavy atom. The van der Waals surface area contributed by atoms with Crippen LogP contribution in [0.3, 0.4) is 0 Å². The average Bonchev–Trinajstić information content (AvgIpc) is 2.35. The number of ketones is 1. The van der Waals surface area contributed by atoms with Gasteiger partial charge in [-0.3, -0.25) is 19.7 Å². The highest BCUT2D eigenvalue weighted by molar-refractivity contribution is 6.31. The maximum absolute atomic E-state index is 11.4. The molecule has 0 bridgehead atoms. The number of nitro benzene ring substituents is 1. The molecule has 0 amide bonds. The second-order valence-electron chi connectivity index (χ2n) is 2.97. The van der Waals surface area contributed by atoms with Gasteiger partial charge in [0.05, 0.1) is 10.8 Å². The Labute approximate surface area is 101 Å². The zero-order chi connectivity index (χ0) is 13.0. The molecule has 6 nitrogen and oxygen atoms in total. The van der Waals surface area contributed by atoms with Crippen LogP contribution in [0.4, 0.5) is 5.69 Å². The van der Waals surface area contributed by atoms with Gasteiger partial charge in [-0.1, -0.05) is 0 Å². The monoisotopic (exact) mass is 252 g/mol. The molecule has 0 radical (unpaired) electrons. The molecule has 0 spiro atoms. The Hall–Kier alpha value is -2.26. The fraction of sp³-hybridized carbons (Fsp3) is 0.100. The third kappa shape index (κ3) is 2.29. The molecule has 0 unspecified atom stereocenters. The van der Waals surface area contributed by atoms with E-state index in [-0.39, 0.29) is 17.4 Å². The fourth-order valence-corrected chi connectivity index (χ4v) is 1.47. The van der Waals surface area contributed by atoms with Crippen LogP contribution in [0.15, 0.2) is 12.1 Å². The molecule has 0 saturated carbocycles. The van der Waals surface area contributed by atoms with Crippen LogP contribution in [0.25, 0.3) is 0 Å². The first-order chi connectivity index (χ1) is 8.06. The molecule has 0 N–H and O–H groups in total. The Morgan fingerprint density at radius 1 is 1.59 bits per heavy atom. The molecule has 0 aliphatic carbocycles. The number of nitrogens with zero attached hydrogens (tertiary/aromatic N) is 2. The van der Waals surface area contributed by atoms with E-state index in [0.717, 1.165) is 6.07 Å². The van der Waals surface area contributed by atoms with Crippen molar-refractivity contribution >= 4 is 29.4 Å². The number of hydrogen-bond donors (Lipinski definition) is 0. The minimum atomic E-state index is -0.868. The summed E-state index contributed by atoms with van der Waals surface area (Å²) in [5, 5.41) is 19.5. The molecule has 0 aromatic heterocycles. The number of nitro groups is 1. The van der Waals surface area contributed by atoms with Crippen LogP contribution in [-0.4, -0.2) is 22.9 Å². The molecule has 17 heavy (non-hydrogen) atoms. The van der Waals surface area contributed by atoms with E-state index in [0.29, 0.717) is 0 Å². The van der Waals surface area contributed by atoms with Gasteiger partial charge in [-0.25, -0.2) is 0 Å². The van der Waals surface area contributed by atoms with Gasteiger partial charge in [-0.05, 0) is 12.1 Å². The predicted molar refractivity (Wildman–Crippen MR) is 58.2 cm³/mol. The summed E-state index contributed by atoms with van der Waals surface area (Å²) < 4.78 is 0. The van der Waals surface area contributed by atoms with Crippen molar-refractivity contribution in [3.05, 3.63) is 38.9 Å². The maximum atomic E-state index is 11.4. The highest BCUT2D eigenvalue weighted by Gasteiger charge is 2.25. The van der Waals surface area contributed by atoms with Gasteiger partial charge in [0.15, 0.2) is 12.1 Å². The van der Waals surface area contributed by atoms with Crippen LogP contribution in [0.2, 0.25) is 0 Å². The summed E-state index contributed by atoms with van der Waals surface area (Å²) in [5.41, 5.74) is -1.51. The molecule has 86 valence electrons. The van der Waals surface area contributed by atoms with E-state index in [1.54, 1.807) is 6.07 Å². The van der Waals surface area contributed by atoms with Crippen molar-refractivity contribution in [3.63, 3.8) is 0 Å². The smallest absolute Gasteiger partial charge is 0.298 e. The molecular formula is C10H5ClN2O4. The fourth-order valence-electron chi connectivity index (χ4n) is 1.33. The van der Waals surface area contributed by atoms with Crippen molar-refractivity contribution in [2.45, 2.75) is 0 Å². The zero-order valence-corrected chi connectivity index (χ0v) is 9.10. The van der Waals surface area contributed by atoms with E-state index in [1.807, 2.05) is 0 Å². The number of hydrogen-bond acceptors (Lipinski definition) is 5. The average molecular weight is 253 g/mol. The van der Waals surface area contributed by atoms with Crippen LogP contribution in [0.5, 0.6) is 0 Å². The molecule has 0 heterocycles. The first-order valence-electron chi connectivity index (χ1n) is 4.32. The third-order valence-corrected chi connectivity index (χ3v) is 2.30. The van der Waals surface area contributed by atoms with Crippen molar-refractivity contribution in [2.75, 3.05) is 5.88 Å². The number of rotatable bonds is 4. The van der Waals surface area contributed by atoms with Gasteiger partial charge < -0.3 is 0 Å². The van der Waals surface area contributed by atoms with Crippen molar-refractivity contribution in [3.8, 4) is 6.07 Å². The van der Waals surface area contributed by atoms with Gasteiger partial charge in [-0.15, -0.1) is 11.6 Å². The second-order valence-corrected chi connectivity index (χ2v) is 3.23. The van der Waals surface area contributed by atoms with Crippen LogP contribution >= 0.6 is 11.6 Å². The lowest BCUT2D eigenvalue weighted by atomic mass is 10.00. The summed E-state index contributed by atoms with van der Waals surface area (Å²) in [4.78, 5) is 32.1. The summed E-state index contributed by atoms with van der Waals surface area (Å²) in [7, 11) is 0. The predicted octanol–water partition coefficient (Wildman–Crippen LogP) is 1.70. The van der Waals surface area contributed by atoms with E-state index in [4.69, 9.17) is 16.9 Å². The van der Waals surface area contributed by atoms with Gasteiger partial charge >= 0.3 is 0 Å². The number of alkyl halides is 1. The maximum Gasteiger partial charge on any atom is 0.298 e. The van der Waals surface area contributed by atoms with E-state index < -0.39 is 27.8 Å². The summed E-state index contributed by atoms with van der Waals surface area (Å²) in [6.07, 6.45) is 0.179. The number of Topliss-reactive ketones (excluding diaryl/α,β-unsaturated/α-hetero) is 1. The van der Waals surface area contributed by atoms with Crippen molar-refractivity contribution in [1.82, 2.24) is 0 Å². The van der Waals surface area contributed by atoms with Crippen LogP contribution < -0.4 is 0 Å². The van der Waals surface area contributed by atoms with E-state index in [1.165, 1.54) is 6.07 Å². The highest BCUT2D eigenvalue weighted by Crippen LogP contribution is 2.25. The summed E-state index contributed by atoms with van der Waals surface area (Å²) in [5.74, 6) is -1.01. The molecule has 1 aromatic carbocycles. The summed E-state index contributed by atoms with van der Waals surface area (Å²) >= 11 is 5.32. The first kappa shape index (κ1) is 12.8. The molecule has 0 fully saturated rings. The SMILES string of the molecule is N#Cc1ccc(C(=O)CCl)c(C=O)c1[N+](=O)[O-]. The topological polar surface area (TPSA) is 101 Å². The Kier molecular flexibility index (Phi) is 3.91. The lowest BCUT2D eigenvalue weighted by molar-refractivity contribution is -0.385. The minimum absolute atomic E-state index is 0.152. The lowest BCUT2D eigenvalue weighted by Gasteiger charge is -2.03. The number of aldehydes is 1. The lowest BCUT2D eigenvalue weighted by Crippen LogP contribution is -2.08. The highest BCUT2D eigenvalue weighted by atomic mass is 35.5. The number of halogens is 1. The molecule has 0 aliphatic heterocycles. The summed E-state index contributed by atoms with van der Waals surface area (Å²) in [6, 6.07) is 3.89. The van der Waals surface area contributed by atoms with Crippen molar-refractivity contribution < 1.29 is 14.5 Å². The zero-order valence-electron chi connectivity index (χ0n) is 8.34. The largest absolute Gasteiger partial charge is 0.298 e. The second kappa shape index (κ2) is 5.18.